The molecule has 0 spiro atoms. The Morgan fingerprint density at radius 2 is 0.882 bits per heavy atom. The molecule has 0 aliphatic rings. The predicted octanol–water partition coefficient (Wildman–Crippen LogP) is 5.87. The standard InChI is InChI=1S/C14F9N11/c15-1-2(16)4(18)8(5(19)3(1)17)34(11-6(20)9(30-32-24)26-13(22)28-11)12-7(21)10(31-33-25)27-14(23)29-12. The molecular weight excluding hydrogens is 493 g/mol. The fourth-order valence-corrected chi connectivity index (χ4v) is 2.41. The lowest BCUT2D eigenvalue weighted by Gasteiger charge is -2.25. The highest BCUT2D eigenvalue weighted by Crippen LogP contribution is 2.42. The molecule has 11 nitrogen and oxygen atoms in total. The minimum Gasteiger partial charge on any atom is -0.268 e. The highest BCUT2D eigenvalue weighted by atomic mass is 19.2. The van der Waals surface area contributed by atoms with Crippen LogP contribution in [0.25, 0.3) is 20.9 Å². The van der Waals surface area contributed by atoms with Crippen LogP contribution in [0.15, 0.2) is 10.2 Å². The van der Waals surface area contributed by atoms with Crippen molar-refractivity contribution >= 4 is 29.0 Å². The van der Waals surface area contributed by atoms with Gasteiger partial charge in [0, 0.05) is 9.82 Å². The van der Waals surface area contributed by atoms with Gasteiger partial charge in [-0.2, -0.15) is 28.7 Å². The van der Waals surface area contributed by atoms with E-state index < -0.39 is 86.7 Å². The summed E-state index contributed by atoms with van der Waals surface area (Å²) < 4.78 is 128. The van der Waals surface area contributed by atoms with Gasteiger partial charge in [0.15, 0.2) is 58.2 Å². The highest BCUT2D eigenvalue weighted by molar-refractivity contribution is 5.75. The molecule has 34 heavy (non-hydrogen) atoms. The fraction of sp³-hybridized carbons (Fsp3) is 0. The Morgan fingerprint density at radius 3 is 1.24 bits per heavy atom. The van der Waals surface area contributed by atoms with Gasteiger partial charge in [-0.3, -0.25) is 4.90 Å². The second-order valence-corrected chi connectivity index (χ2v) is 5.54. The van der Waals surface area contributed by atoms with Crippen molar-refractivity contribution in [2.75, 3.05) is 4.90 Å². The van der Waals surface area contributed by atoms with E-state index in [1.807, 2.05) is 0 Å². The molecule has 0 saturated carbocycles. The average Bonchev–Trinajstić information content (AvgIpc) is 2.79. The SMILES string of the molecule is [N-]=[N+]=Nc1nc(F)nc(N(c2nc(F)nc(N=[N+]=[N-])c2F)c2c(F)c(F)c(F)c(F)c2F)c1F. The lowest BCUT2D eigenvalue weighted by Crippen LogP contribution is -2.22. The summed E-state index contributed by atoms with van der Waals surface area (Å²) in [5, 5.41) is 5.21. The van der Waals surface area contributed by atoms with E-state index in [4.69, 9.17) is 11.1 Å². The van der Waals surface area contributed by atoms with Crippen LogP contribution >= 0.6 is 0 Å². The van der Waals surface area contributed by atoms with Crippen molar-refractivity contribution in [1.29, 1.82) is 0 Å². The third kappa shape index (κ3) is 3.89. The maximum absolute atomic E-state index is 14.8. The Labute approximate surface area is 178 Å². The number of rotatable bonds is 5. The van der Waals surface area contributed by atoms with Crippen molar-refractivity contribution in [1.82, 2.24) is 19.9 Å². The summed E-state index contributed by atoms with van der Waals surface area (Å²) in [6.07, 6.45) is -4.03. The maximum Gasteiger partial charge on any atom is 0.311 e. The molecule has 0 unspecified atom stereocenters. The predicted molar refractivity (Wildman–Crippen MR) is 89.5 cm³/mol. The molecule has 2 heterocycles. The van der Waals surface area contributed by atoms with Crippen LogP contribution in [0.1, 0.15) is 0 Å². The molecule has 3 rings (SSSR count). The van der Waals surface area contributed by atoms with Crippen LogP contribution in [0.2, 0.25) is 0 Å². The van der Waals surface area contributed by atoms with E-state index in [2.05, 4.69) is 40.0 Å². The van der Waals surface area contributed by atoms with Gasteiger partial charge in [-0.15, -0.1) is 0 Å². The van der Waals surface area contributed by atoms with Crippen molar-refractivity contribution in [3.05, 3.63) is 73.8 Å². The molecule has 0 bridgehead atoms. The minimum atomic E-state index is -2.73. The smallest absolute Gasteiger partial charge is 0.268 e. The van der Waals surface area contributed by atoms with E-state index in [1.54, 1.807) is 0 Å². The van der Waals surface area contributed by atoms with Crippen LogP contribution < -0.4 is 4.90 Å². The Bertz CT molecular complexity index is 1330. The van der Waals surface area contributed by atoms with Crippen molar-refractivity contribution in [3.8, 4) is 0 Å². The van der Waals surface area contributed by atoms with E-state index in [9.17, 15) is 39.5 Å². The van der Waals surface area contributed by atoms with Gasteiger partial charge in [-0.25, -0.2) is 30.7 Å². The number of aromatic nitrogens is 4. The Morgan fingerprint density at radius 1 is 0.529 bits per heavy atom. The second kappa shape index (κ2) is 8.96. The van der Waals surface area contributed by atoms with E-state index in [0.29, 0.717) is 0 Å². The molecule has 0 N–H and O–H groups in total. The third-order valence-electron chi connectivity index (χ3n) is 3.69. The molecule has 3 aromatic rings. The van der Waals surface area contributed by atoms with E-state index in [-0.39, 0.29) is 0 Å². The van der Waals surface area contributed by atoms with Gasteiger partial charge in [0.05, 0.1) is 0 Å². The summed E-state index contributed by atoms with van der Waals surface area (Å²) in [5.74, 6) is -24.5. The first-order valence-electron chi connectivity index (χ1n) is 7.91. The molecule has 0 aliphatic carbocycles. The van der Waals surface area contributed by atoms with Gasteiger partial charge >= 0.3 is 12.2 Å². The highest BCUT2D eigenvalue weighted by Gasteiger charge is 2.36. The largest absolute Gasteiger partial charge is 0.311 e. The summed E-state index contributed by atoms with van der Waals surface area (Å²) in [6, 6.07) is 0. The molecule has 0 amide bonds. The topological polar surface area (TPSA) is 152 Å². The molecule has 2 aromatic heterocycles. The number of azide groups is 2. The van der Waals surface area contributed by atoms with Gasteiger partial charge in [-0.05, 0) is 21.3 Å². The van der Waals surface area contributed by atoms with Gasteiger partial charge in [-0.1, -0.05) is 0 Å². The van der Waals surface area contributed by atoms with E-state index >= 15 is 0 Å². The average molecular weight is 493 g/mol. The zero-order valence-corrected chi connectivity index (χ0v) is 15.3. The monoisotopic (exact) mass is 493 g/mol. The quantitative estimate of drug-likeness (QED) is 0.0827. The van der Waals surface area contributed by atoms with Gasteiger partial charge in [0.25, 0.3) is 0 Å². The molecule has 0 saturated heterocycles. The second-order valence-electron chi connectivity index (χ2n) is 5.54. The number of halogens is 9. The fourth-order valence-electron chi connectivity index (χ4n) is 2.41. The van der Waals surface area contributed by atoms with Gasteiger partial charge < -0.3 is 0 Å². The van der Waals surface area contributed by atoms with Crippen molar-refractivity contribution in [3.63, 3.8) is 0 Å². The number of hydrogen-bond donors (Lipinski definition) is 0. The first-order chi connectivity index (χ1) is 16.0. The third-order valence-corrected chi connectivity index (χ3v) is 3.69. The Hall–Kier alpha value is -4.83. The molecule has 0 atom stereocenters. The zero-order chi connectivity index (χ0) is 25.3. The molecule has 0 aliphatic heterocycles. The van der Waals surface area contributed by atoms with Gasteiger partial charge in [0.1, 0.15) is 5.69 Å². The van der Waals surface area contributed by atoms with Crippen LogP contribution in [-0.2, 0) is 0 Å². The lowest BCUT2D eigenvalue weighted by atomic mass is 10.2. The summed E-state index contributed by atoms with van der Waals surface area (Å²) in [4.78, 5) is 14.4. The number of nitrogens with zero attached hydrogens (tertiary/aromatic N) is 11. The Balaban J connectivity index is 2.58. The number of benzene rings is 1. The number of hydrogen-bond acceptors (Lipinski definition) is 7. The van der Waals surface area contributed by atoms with Crippen molar-refractivity contribution < 1.29 is 39.5 Å². The minimum absolute atomic E-state index is 0.691. The van der Waals surface area contributed by atoms with E-state index in [1.165, 1.54) is 0 Å². The van der Waals surface area contributed by atoms with Crippen molar-refractivity contribution in [2.45, 2.75) is 0 Å². The molecule has 20 heteroatoms. The van der Waals surface area contributed by atoms with Crippen LogP contribution in [0.4, 0.5) is 68.5 Å². The van der Waals surface area contributed by atoms with Crippen LogP contribution in [0.3, 0.4) is 0 Å². The molecule has 1 aromatic carbocycles. The summed E-state index contributed by atoms with van der Waals surface area (Å²) in [6.45, 7) is 0. The van der Waals surface area contributed by atoms with Crippen LogP contribution in [0.5, 0.6) is 0 Å². The van der Waals surface area contributed by atoms with Gasteiger partial charge in [0.2, 0.25) is 5.82 Å². The molecular formula is C14F9N11. The summed E-state index contributed by atoms with van der Waals surface area (Å²) >= 11 is 0. The molecule has 174 valence electrons. The first kappa shape index (κ1) is 23.8. The maximum atomic E-state index is 14.8. The van der Waals surface area contributed by atoms with E-state index in [0.717, 1.165) is 0 Å². The van der Waals surface area contributed by atoms with Crippen LogP contribution in [-0.4, -0.2) is 19.9 Å². The first-order valence-corrected chi connectivity index (χ1v) is 7.91. The normalized spacial score (nSPS) is 10.5. The van der Waals surface area contributed by atoms with Crippen molar-refractivity contribution in [2.24, 2.45) is 10.2 Å². The Kier molecular flexibility index (Phi) is 6.28. The lowest BCUT2D eigenvalue weighted by molar-refractivity contribution is 0.380. The molecule has 0 fully saturated rings. The number of anilines is 3. The molecule has 0 radical (unpaired) electrons. The zero-order valence-electron chi connectivity index (χ0n) is 15.3. The van der Waals surface area contributed by atoms with Crippen LogP contribution in [0, 0.1) is 52.9 Å². The summed E-state index contributed by atoms with van der Waals surface area (Å²) in [7, 11) is 0. The summed E-state index contributed by atoms with van der Waals surface area (Å²) in [5.41, 5.74) is 14.6.